The first-order valence-electron chi connectivity index (χ1n) is 9.30. The molecule has 0 aliphatic heterocycles. The summed E-state index contributed by atoms with van der Waals surface area (Å²) >= 11 is 0. The molecule has 0 bridgehead atoms. The van der Waals surface area contributed by atoms with Gasteiger partial charge in [-0.25, -0.2) is 9.69 Å². The molecule has 28 heavy (non-hydrogen) atoms. The van der Waals surface area contributed by atoms with Crippen LogP contribution in [0.25, 0.3) is 5.69 Å². The van der Waals surface area contributed by atoms with Gasteiger partial charge in [-0.2, -0.15) is 10.2 Å². The second kappa shape index (κ2) is 7.92. The van der Waals surface area contributed by atoms with Crippen molar-refractivity contribution in [2.45, 2.75) is 13.8 Å². The second-order valence-corrected chi connectivity index (χ2v) is 6.56. The largest absolute Gasteiger partial charge is 0.237 e. The molecule has 4 nitrogen and oxygen atoms in total. The zero-order valence-electron chi connectivity index (χ0n) is 16.0. The quantitative estimate of drug-likeness (QED) is 0.337. The molecule has 0 radical (unpaired) electrons. The van der Waals surface area contributed by atoms with E-state index in [2.05, 4.69) is 43.3 Å². The Morgan fingerprint density at radius 2 is 1.25 bits per heavy atom. The molecule has 0 saturated carbocycles. The van der Waals surface area contributed by atoms with Gasteiger partial charge in [0.2, 0.25) is 0 Å². The summed E-state index contributed by atoms with van der Waals surface area (Å²) in [6.45, 7) is 4.09. The number of para-hydroxylation sites is 3. The highest BCUT2D eigenvalue weighted by Gasteiger charge is 2.12. The summed E-state index contributed by atoms with van der Waals surface area (Å²) < 4.78 is 1.96. The van der Waals surface area contributed by atoms with Crippen molar-refractivity contribution in [3.05, 3.63) is 108 Å². The van der Waals surface area contributed by atoms with E-state index in [4.69, 9.17) is 10.2 Å². The van der Waals surface area contributed by atoms with Crippen molar-refractivity contribution in [3.63, 3.8) is 0 Å². The summed E-state index contributed by atoms with van der Waals surface area (Å²) in [4.78, 5) is 0. The SMILES string of the molecule is Cc1nn(-c2ccccc2)c(C)c1/C=N/N(c1ccccc1)c1ccccc1. The lowest BCUT2D eigenvalue weighted by Crippen LogP contribution is -2.09. The molecule has 0 fully saturated rings. The molecule has 0 spiro atoms. The molecule has 0 aliphatic carbocycles. The van der Waals surface area contributed by atoms with Crippen LogP contribution >= 0.6 is 0 Å². The monoisotopic (exact) mass is 366 g/mol. The molecule has 0 amide bonds. The van der Waals surface area contributed by atoms with Crippen molar-refractivity contribution in [2.24, 2.45) is 5.10 Å². The van der Waals surface area contributed by atoms with Crippen molar-refractivity contribution in [2.75, 3.05) is 5.01 Å². The molecule has 4 rings (SSSR count). The molecule has 1 aromatic heterocycles. The minimum atomic E-state index is 0.950. The van der Waals surface area contributed by atoms with Crippen molar-refractivity contribution in [1.82, 2.24) is 9.78 Å². The van der Waals surface area contributed by atoms with Crippen LogP contribution in [0, 0.1) is 13.8 Å². The predicted molar refractivity (Wildman–Crippen MR) is 116 cm³/mol. The Labute approximate surface area is 165 Å². The Morgan fingerprint density at radius 3 is 1.79 bits per heavy atom. The Balaban J connectivity index is 1.73. The number of hydrazone groups is 1. The summed E-state index contributed by atoms with van der Waals surface area (Å²) in [5.41, 5.74) is 6.11. The lowest BCUT2D eigenvalue weighted by molar-refractivity contribution is 0.833. The molecular formula is C24H22N4. The smallest absolute Gasteiger partial charge is 0.0689 e. The van der Waals surface area contributed by atoms with E-state index in [1.807, 2.05) is 77.4 Å². The van der Waals surface area contributed by atoms with Gasteiger partial charge in [-0.1, -0.05) is 54.6 Å². The molecule has 0 saturated heterocycles. The first-order chi connectivity index (χ1) is 13.7. The maximum Gasteiger partial charge on any atom is 0.0689 e. The summed E-state index contributed by atoms with van der Waals surface area (Å²) in [5, 5.41) is 11.5. The topological polar surface area (TPSA) is 33.4 Å². The Hall–Kier alpha value is -3.66. The number of hydrogen-bond acceptors (Lipinski definition) is 3. The molecule has 138 valence electrons. The Morgan fingerprint density at radius 1 is 0.750 bits per heavy atom. The minimum absolute atomic E-state index is 0.950. The van der Waals surface area contributed by atoms with Gasteiger partial charge in [0.05, 0.1) is 34.7 Å². The van der Waals surface area contributed by atoms with Crippen LogP contribution in [0.3, 0.4) is 0 Å². The highest BCUT2D eigenvalue weighted by atomic mass is 15.5. The fourth-order valence-corrected chi connectivity index (χ4v) is 3.20. The van der Waals surface area contributed by atoms with E-state index < -0.39 is 0 Å². The maximum absolute atomic E-state index is 4.82. The number of aromatic nitrogens is 2. The van der Waals surface area contributed by atoms with Gasteiger partial charge in [0.1, 0.15) is 0 Å². The Kier molecular flexibility index (Phi) is 5.02. The van der Waals surface area contributed by atoms with E-state index in [1.165, 1.54) is 0 Å². The van der Waals surface area contributed by atoms with Crippen molar-refractivity contribution >= 4 is 17.6 Å². The molecule has 3 aromatic carbocycles. The molecule has 4 heteroatoms. The number of hydrogen-bond donors (Lipinski definition) is 0. The molecule has 0 N–H and O–H groups in total. The number of aryl methyl sites for hydroxylation is 1. The molecule has 0 aliphatic rings. The molecular weight excluding hydrogens is 344 g/mol. The zero-order valence-corrected chi connectivity index (χ0v) is 16.0. The van der Waals surface area contributed by atoms with Crippen LogP contribution < -0.4 is 5.01 Å². The molecule has 1 heterocycles. The summed E-state index contributed by atoms with van der Waals surface area (Å²) in [7, 11) is 0. The highest BCUT2D eigenvalue weighted by molar-refractivity contribution is 5.84. The van der Waals surface area contributed by atoms with E-state index in [1.54, 1.807) is 0 Å². The lowest BCUT2D eigenvalue weighted by atomic mass is 10.2. The highest BCUT2D eigenvalue weighted by Crippen LogP contribution is 2.25. The van der Waals surface area contributed by atoms with Crippen LogP contribution in [0.4, 0.5) is 11.4 Å². The second-order valence-electron chi connectivity index (χ2n) is 6.56. The van der Waals surface area contributed by atoms with Gasteiger partial charge in [0.25, 0.3) is 0 Å². The minimum Gasteiger partial charge on any atom is -0.237 e. The fraction of sp³-hybridized carbons (Fsp3) is 0.0833. The van der Waals surface area contributed by atoms with Crippen LogP contribution in [0.1, 0.15) is 17.0 Å². The van der Waals surface area contributed by atoms with Crippen LogP contribution in [0.5, 0.6) is 0 Å². The van der Waals surface area contributed by atoms with E-state index in [0.717, 1.165) is 34.0 Å². The number of rotatable bonds is 5. The van der Waals surface area contributed by atoms with Crippen LogP contribution in [0.15, 0.2) is 96.1 Å². The van der Waals surface area contributed by atoms with Gasteiger partial charge in [0, 0.05) is 5.56 Å². The number of anilines is 2. The number of nitrogens with zero attached hydrogens (tertiary/aromatic N) is 4. The van der Waals surface area contributed by atoms with Crippen molar-refractivity contribution in [3.8, 4) is 5.69 Å². The summed E-state index contributed by atoms with van der Waals surface area (Å²) in [6.07, 6.45) is 1.90. The standard InChI is InChI=1S/C24H22N4/c1-19-24(20(2)27(26-19)21-12-6-3-7-13-21)18-25-28(22-14-8-4-9-15-22)23-16-10-5-11-17-23/h3-18H,1-2H3/b25-18+. The first-order valence-corrected chi connectivity index (χ1v) is 9.30. The van der Waals surface area contributed by atoms with Crippen LogP contribution in [-0.2, 0) is 0 Å². The average molecular weight is 366 g/mol. The first kappa shape index (κ1) is 17.7. The number of benzene rings is 3. The summed E-state index contributed by atoms with van der Waals surface area (Å²) in [5.74, 6) is 0. The van der Waals surface area contributed by atoms with Gasteiger partial charge >= 0.3 is 0 Å². The third kappa shape index (κ3) is 3.58. The van der Waals surface area contributed by atoms with Crippen molar-refractivity contribution < 1.29 is 0 Å². The van der Waals surface area contributed by atoms with Gasteiger partial charge in [-0.3, -0.25) is 0 Å². The third-order valence-corrected chi connectivity index (χ3v) is 4.65. The zero-order chi connectivity index (χ0) is 19.3. The van der Waals surface area contributed by atoms with E-state index in [0.29, 0.717) is 0 Å². The van der Waals surface area contributed by atoms with Crippen LogP contribution in [-0.4, -0.2) is 16.0 Å². The van der Waals surface area contributed by atoms with Gasteiger partial charge in [0.15, 0.2) is 0 Å². The molecule has 0 atom stereocenters. The normalized spacial score (nSPS) is 11.1. The maximum atomic E-state index is 4.82. The van der Waals surface area contributed by atoms with Crippen molar-refractivity contribution in [1.29, 1.82) is 0 Å². The Bertz CT molecular complexity index is 1030. The van der Waals surface area contributed by atoms with Gasteiger partial charge in [-0.15, -0.1) is 0 Å². The third-order valence-electron chi connectivity index (χ3n) is 4.65. The van der Waals surface area contributed by atoms with Gasteiger partial charge < -0.3 is 0 Å². The molecule has 0 unspecified atom stereocenters. The van der Waals surface area contributed by atoms with E-state index in [9.17, 15) is 0 Å². The lowest BCUT2D eigenvalue weighted by Gasteiger charge is -2.19. The van der Waals surface area contributed by atoms with Crippen LogP contribution in [0.2, 0.25) is 0 Å². The average Bonchev–Trinajstić information content (AvgIpc) is 3.04. The summed E-state index contributed by atoms with van der Waals surface area (Å²) in [6, 6.07) is 30.5. The van der Waals surface area contributed by atoms with Gasteiger partial charge in [-0.05, 0) is 50.2 Å². The van der Waals surface area contributed by atoms with E-state index >= 15 is 0 Å². The fourth-order valence-electron chi connectivity index (χ4n) is 3.20. The van der Waals surface area contributed by atoms with E-state index in [-0.39, 0.29) is 0 Å². The predicted octanol–water partition coefficient (Wildman–Crippen LogP) is 5.66. The molecule has 4 aromatic rings.